The minimum absolute atomic E-state index is 0.125. The molecule has 21 heavy (non-hydrogen) atoms. The Morgan fingerprint density at radius 3 is 2.57 bits per heavy atom. The molecule has 2 aromatic rings. The first kappa shape index (κ1) is 15.6. The maximum Gasteiger partial charge on any atom is 0.254 e. The molecular weight excluding hydrogens is 347 g/mol. The summed E-state index contributed by atoms with van der Waals surface area (Å²) >= 11 is 2.99. The van der Waals surface area contributed by atoms with Gasteiger partial charge in [-0.25, -0.2) is 13.2 Å². The first-order chi connectivity index (χ1) is 9.90. The molecule has 2 nitrogen and oxygen atoms in total. The second-order valence-corrected chi connectivity index (χ2v) is 5.32. The third-order valence-electron chi connectivity index (χ3n) is 2.97. The number of hydrogen-bond acceptors (Lipinski definition) is 1. The third kappa shape index (κ3) is 3.44. The SMILES string of the molecule is CC(NC(=O)c1cccc(Br)c1F)c1ccc(F)cc1F. The Morgan fingerprint density at radius 2 is 1.90 bits per heavy atom. The van der Waals surface area contributed by atoms with Gasteiger partial charge in [-0.15, -0.1) is 0 Å². The zero-order chi connectivity index (χ0) is 15.6. The lowest BCUT2D eigenvalue weighted by Crippen LogP contribution is -2.28. The number of carbonyl (C=O) groups is 1. The van der Waals surface area contributed by atoms with Gasteiger partial charge in [0.2, 0.25) is 0 Å². The van der Waals surface area contributed by atoms with Crippen molar-refractivity contribution in [1.29, 1.82) is 0 Å². The lowest BCUT2D eigenvalue weighted by atomic mass is 10.1. The van der Waals surface area contributed by atoms with Gasteiger partial charge in [0.1, 0.15) is 17.5 Å². The fourth-order valence-electron chi connectivity index (χ4n) is 1.88. The number of carbonyl (C=O) groups excluding carboxylic acids is 1. The molecule has 1 N–H and O–H groups in total. The second kappa shape index (κ2) is 6.30. The number of halogens is 4. The van der Waals surface area contributed by atoms with Gasteiger partial charge in [0.25, 0.3) is 5.91 Å². The Bertz CT molecular complexity index is 691. The van der Waals surface area contributed by atoms with Crippen LogP contribution in [-0.2, 0) is 0 Å². The lowest BCUT2D eigenvalue weighted by Gasteiger charge is -2.15. The van der Waals surface area contributed by atoms with Crippen LogP contribution in [0.2, 0.25) is 0 Å². The zero-order valence-electron chi connectivity index (χ0n) is 11.0. The lowest BCUT2D eigenvalue weighted by molar-refractivity contribution is 0.0935. The maximum atomic E-state index is 13.8. The molecule has 2 aromatic carbocycles. The molecule has 1 amide bonds. The molecule has 1 atom stereocenters. The van der Waals surface area contributed by atoms with Gasteiger partial charge in [0.05, 0.1) is 16.1 Å². The van der Waals surface area contributed by atoms with Gasteiger partial charge < -0.3 is 5.32 Å². The van der Waals surface area contributed by atoms with E-state index in [1.165, 1.54) is 31.2 Å². The van der Waals surface area contributed by atoms with Crippen LogP contribution in [0.25, 0.3) is 0 Å². The zero-order valence-corrected chi connectivity index (χ0v) is 12.5. The monoisotopic (exact) mass is 357 g/mol. The molecule has 0 aromatic heterocycles. The fourth-order valence-corrected chi connectivity index (χ4v) is 2.25. The highest BCUT2D eigenvalue weighted by atomic mass is 79.9. The van der Waals surface area contributed by atoms with Gasteiger partial charge in [-0.05, 0) is 41.1 Å². The summed E-state index contributed by atoms with van der Waals surface area (Å²) in [5.41, 5.74) is -0.0288. The average Bonchev–Trinajstić information content (AvgIpc) is 2.41. The van der Waals surface area contributed by atoms with E-state index < -0.39 is 29.4 Å². The summed E-state index contributed by atoms with van der Waals surface area (Å²) in [7, 11) is 0. The molecule has 2 rings (SSSR count). The molecule has 1 unspecified atom stereocenters. The number of benzene rings is 2. The minimum atomic E-state index is -0.766. The van der Waals surface area contributed by atoms with Crippen molar-refractivity contribution in [3.05, 3.63) is 69.4 Å². The van der Waals surface area contributed by atoms with E-state index in [9.17, 15) is 18.0 Å². The van der Waals surface area contributed by atoms with Crippen LogP contribution in [0.15, 0.2) is 40.9 Å². The fraction of sp³-hybridized carbons (Fsp3) is 0.133. The molecule has 6 heteroatoms. The Balaban J connectivity index is 2.21. The molecule has 0 aliphatic rings. The van der Waals surface area contributed by atoms with Crippen molar-refractivity contribution in [2.75, 3.05) is 0 Å². The summed E-state index contributed by atoms with van der Waals surface area (Å²) in [5.74, 6) is -2.84. The Hall–Kier alpha value is -1.82. The predicted molar refractivity (Wildman–Crippen MR) is 76.3 cm³/mol. The Morgan fingerprint density at radius 1 is 1.19 bits per heavy atom. The molecule has 0 saturated carbocycles. The third-order valence-corrected chi connectivity index (χ3v) is 3.59. The van der Waals surface area contributed by atoms with Crippen molar-refractivity contribution in [2.45, 2.75) is 13.0 Å². The van der Waals surface area contributed by atoms with Gasteiger partial charge >= 0.3 is 0 Å². The Labute approximate surface area is 128 Å². The van der Waals surface area contributed by atoms with Crippen LogP contribution in [-0.4, -0.2) is 5.91 Å². The largest absolute Gasteiger partial charge is 0.345 e. The van der Waals surface area contributed by atoms with Crippen molar-refractivity contribution in [1.82, 2.24) is 5.32 Å². The molecule has 110 valence electrons. The smallest absolute Gasteiger partial charge is 0.254 e. The average molecular weight is 358 g/mol. The number of hydrogen-bond donors (Lipinski definition) is 1. The highest BCUT2D eigenvalue weighted by Gasteiger charge is 2.18. The van der Waals surface area contributed by atoms with E-state index in [1.807, 2.05) is 0 Å². The maximum absolute atomic E-state index is 13.8. The number of rotatable bonds is 3. The van der Waals surface area contributed by atoms with Crippen molar-refractivity contribution >= 4 is 21.8 Å². The molecule has 0 spiro atoms. The van der Waals surface area contributed by atoms with Gasteiger partial charge in [0.15, 0.2) is 0 Å². The Kier molecular flexibility index (Phi) is 4.67. The minimum Gasteiger partial charge on any atom is -0.345 e. The summed E-state index contributed by atoms with van der Waals surface area (Å²) in [6.45, 7) is 1.53. The second-order valence-electron chi connectivity index (χ2n) is 4.46. The van der Waals surface area contributed by atoms with Crippen molar-refractivity contribution < 1.29 is 18.0 Å². The van der Waals surface area contributed by atoms with Crippen LogP contribution in [0.4, 0.5) is 13.2 Å². The first-order valence-electron chi connectivity index (χ1n) is 6.10. The molecule has 0 aliphatic heterocycles. The van der Waals surface area contributed by atoms with E-state index in [0.717, 1.165) is 12.1 Å². The number of amides is 1. The molecule has 0 fully saturated rings. The summed E-state index contributed by atoms with van der Waals surface area (Å²) < 4.78 is 40.4. The standard InChI is InChI=1S/C15H11BrF3NO/c1-8(10-6-5-9(17)7-13(10)18)20-15(21)11-3-2-4-12(16)14(11)19/h2-8H,1H3,(H,20,21). The van der Waals surface area contributed by atoms with Crippen LogP contribution in [0.3, 0.4) is 0 Å². The van der Waals surface area contributed by atoms with Crippen molar-refractivity contribution in [3.63, 3.8) is 0 Å². The van der Waals surface area contributed by atoms with E-state index in [0.29, 0.717) is 0 Å². The molecule has 0 bridgehead atoms. The summed E-state index contributed by atoms with van der Waals surface area (Å²) in [6, 6.07) is 6.66. The molecular formula is C15H11BrF3NO. The summed E-state index contributed by atoms with van der Waals surface area (Å²) in [4.78, 5) is 12.0. The van der Waals surface area contributed by atoms with Crippen molar-refractivity contribution in [2.24, 2.45) is 0 Å². The van der Waals surface area contributed by atoms with Crippen molar-refractivity contribution in [3.8, 4) is 0 Å². The van der Waals surface area contributed by atoms with Gasteiger partial charge in [-0.3, -0.25) is 4.79 Å². The van der Waals surface area contributed by atoms with Gasteiger partial charge in [0, 0.05) is 11.6 Å². The summed E-state index contributed by atoms with van der Waals surface area (Å²) in [6.07, 6.45) is 0. The van der Waals surface area contributed by atoms with Crippen LogP contribution in [0, 0.1) is 17.5 Å². The van der Waals surface area contributed by atoms with Gasteiger partial charge in [-0.1, -0.05) is 12.1 Å². The topological polar surface area (TPSA) is 29.1 Å². The molecule has 0 aliphatic carbocycles. The van der Waals surface area contributed by atoms with Crippen LogP contribution >= 0.6 is 15.9 Å². The number of nitrogens with one attached hydrogen (secondary N) is 1. The van der Waals surface area contributed by atoms with Gasteiger partial charge in [-0.2, -0.15) is 0 Å². The van der Waals surface area contributed by atoms with E-state index in [2.05, 4.69) is 21.2 Å². The highest BCUT2D eigenvalue weighted by molar-refractivity contribution is 9.10. The normalized spacial score (nSPS) is 12.0. The summed E-state index contributed by atoms with van der Waals surface area (Å²) in [5, 5.41) is 2.48. The first-order valence-corrected chi connectivity index (χ1v) is 6.89. The van der Waals surface area contributed by atoms with E-state index in [1.54, 1.807) is 0 Å². The molecule has 0 saturated heterocycles. The van der Waals surface area contributed by atoms with E-state index in [4.69, 9.17) is 0 Å². The predicted octanol–water partition coefficient (Wildman–Crippen LogP) is 4.36. The van der Waals surface area contributed by atoms with E-state index in [-0.39, 0.29) is 15.6 Å². The van der Waals surface area contributed by atoms with Crippen LogP contribution < -0.4 is 5.32 Å². The quantitative estimate of drug-likeness (QED) is 0.868. The highest BCUT2D eigenvalue weighted by Crippen LogP contribution is 2.21. The van der Waals surface area contributed by atoms with E-state index >= 15 is 0 Å². The molecule has 0 heterocycles. The van der Waals surface area contributed by atoms with Crippen LogP contribution in [0.5, 0.6) is 0 Å². The molecule has 0 radical (unpaired) electrons. The van der Waals surface area contributed by atoms with Crippen LogP contribution in [0.1, 0.15) is 28.9 Å².